The Bertz CT molecular complexity index is 1600. The van der Waals surface area contributed by atoms with Gasteiger partial charge in [0, 0.05) is 18.4 Å². The largest absolute Gasteiger partial charge is 0.451 e. The first-order valence-electron chi connectivity index (χ1n) is 16.8. The molecule has 3 N–H and O–H groups in total. The fraction of sp³-hybridized carbons (Fsp3) is 0.543. The van der Waals surface area contributed by atoms with E-state index in [9.17, 15) is 24.0 Å². The average Bonchev–Trinajstić information content (AvgIpc) is 3.09. The summed E-state index contributed by atoms with van der Waals surface area (Å²) in [5.74, 6) is -3.13. The molecule has 14 nitrogen and oxygen atoms in total. The van der Waals surface area contributed by atoms with Crippen LogP contribution < -0.4 is 16.1 Å². The Hall–Kier alpha value is -4.40. The highest BCUT2D eigenvalue weighted by Gasteiger charge is 2.46. The normalized spacial score (nSPS) is 29.3. The molecule has 0 radical (unpaired) electrons. The van der Waals surface area contributed by atoms with Crippen LogP contribution in [0.25, 0.3) is 17.0 Å². The van der Waals surface area contributed by atoms with Gasteiger partial charge in [-0.25, -0.2) is 5.43 Å². The van der Waals surface area contributed by atoms with Crippen molar-refractivity contribution in [2.24, 2.45) is 11.3 Å². The third-order valence-corrected chi connectivity index (χ3v) is 8.77. The highest BCUT2D eigenvalue weighted by atomic mass is 16.9. The molecule has 0 saturated carbocycles. The van der Waals surface area contributed by atoms with E-state index in [4.69, 9.17) is 23.9 Å². The highest BCUT2D eigenvalue weighted by molar-refractivity contribution is 5.92. The molecule has 3 amide bonds. The van der Waals surface area contributed by atoms with Crippen molar-refractivity contribution in [3.63, 3.8) is 0 Å². The predicted molar refractivity (Wildman–Crippen MR) is 177 cm³/mol. The van der Waals surface area contributed by atoms with E-state index in [1.165, 1.54) is 11.9 Å². The van der Waals surface area contributed by atoms with Crippen molar-refractivity contribution < 1.29 is 42.9 Å². The topological polar surface area (TPSA) is 174 Å². The van der Waals surface area contributed by atoms with Crippen LogP contribution in [0, 0.1) is 11.3 Å². The molecule has 14 heteroatoms. The Morgan fingerprint density at radius 2 is 1.76 bits per heavy atom. The van der Waals surface area contributed by atoms with Gasteiger partial charge in [-0.2, -0.15) is 0 Å². The lowest BCUT2D eigenvalue weighted by Gasteiger charge is -2.37. The Labute approximate surface area is 285 Å². The average molecular weight is 680 g/mol. The van der Waals surface area contributed by atoms with Crippen molar-refractivity contribution in [3.05, 3.63) is 47.7 Å². The molecule has 1 unspecified atom stereocenters. The fourth-order valence-electron chi connectivity index (χ4n) is 5.83. The van der Waals surface area contributed by atoms with Crippen LogP contribution in [0.4, 0.5) is 0 Å². The minimum atomic E-state index is -1.52. The molecule has 264 valence electrons. The van der Waals surface area contributed by atoms with Crippen molar-refractivity contribution in [1.29, 1.82) is 0 Å². The van der Waals surface area contributed by atoms with E-state index in [1.807, 2.05) is 44.2 Å². The number of nitrogens with one attached hydrogen (secondary N) is 3. The molecule has 1 aromatic heterocycles. The van der Waals surface area contributed by atoms with Gasteiger partial charge in [-0.15, -0.1) is 0 Å². The summed E-state index contributed by atoms with van der Waals surface area (Å²) in [7, 11) is 0. The maximum Gasteiger partial charge on any atom is 0.321 e. The predicted octanol–water partition coefficient (Wildman–Crippen LogP) is 2.67. The standard InChI is InChI=1S/C35H45N5O9/c1-6-8-28(41)48-34-46-18-35(19-47-34)15-14-23-10-11-24-12-13-25(38-27(24)17-23)21(4)36-30(42)26-9-7-16-40(39-26)32(44)22(5)37-31(43)29(20(2)3)49-33(35)45/h10-15,17,20-22,26,29,34,39H,6-9,16,18-19H2,1-5H3,(H,36,42)(H,37,43)/b15-14+/t21-,22+,26+,29?,34-,35-/m1/s1. The van der Waals surface area contributed by atoms with Crippen LogP contribution in [0.1, 0.15) is 77.6 Å². The summed E-state index contributed by atoms with van der Waals surface area (Å²) in [6, 6.07) is 7.29. The molecule has 1 aromatic carbocycles. The molecule has 4 atom stereocenters. The second kappa shape index (κ2) is 15.4. The third-order valence-electron chi connectivity index (χ3n) is 8.77. The molecule has 2 aromatic rings. The number of aromatic nitrogens is 1. The monoisotopic (exact) mass is 679 g/mol. The van der Waals surface area contributed by atoms with Crippen molar-refractivity contribution in [2.75, 3.05) is 19.8 Å². The van der Waals surface area contributed by atoms with E-state index < -0.39 is 65.8 Å². The van der Waals surface area contributed by atoms with Gasteiger partial charge >= 0.3 is 18.4 Å². The summed E-state index contributed by atoms with van der Waals surface area (Å²) in [4.78, 5) is 71.1. The summed E-state index contributed by atoms with van der Waals surface area (Å²) in [6.07, 6.45) is 3.90. The van der Waals surface area contributed by atoms with E-state index in [0.29, 0.717) is 42.6 Å². The van der Waals surface area contributed by atoms with Crippen LogP contribution in [0.15, 0.2) is 36.4 Å². The van der Waals surface area contributed by atoms with Crippen LogP contribution in [0.2, 0.25) is 0 Å². The van der Waals surface area contributed by atoms with Crippen molar-refractivity contribution in [3.8, 4) is 0 Å². The number of pyridine rings is 1. The summed E-state index contributed by atoms with van der Waals surface area (Å²) >= 11 is 0. The van der Waals surface area contributed by atoms with Gasteiger partial charge in [0.1, 0.15) is 17.5 Å². The number of hydrogen-bond donors (Lipinski definition) is 3. The van der Waals surface area contributed by atoms with Gasteiger partial charge in [-0.1, -0.05) is 51.1 Å². The number of carbonyl (C=O) groups is 5. The molecular weight excluding hydrogens is 634 g/mol. The van der Waals surface area contributed by atoms with E-state index in [2.05, 4.69) is 16.1 Å². The first-order chi connectivity index (χ1) is 23.4. The SMILES string of the molecule is CCCC(=O)O[C@H]1OC[C@@]2(/C=C/c3ccc4ccc(nc4c3)[C@@H](C)NC(=O)[C@@H]3CCCN(N3)C(=O)[C@H](C)NC(=O)C(C(C)C)OC2=O)CO1. The zero-order valence-corrected chi connectivity index (χ0v) is 28.5. The Morgan fingerprint density at radius 3 is 2.47 bits per heavy atom. The Morgan fingerprint density at radius 1 is 1.04 bits per heavy atom. The molecule has 2 fully saturated rings. The lowest BCUT2D eigenvalue weighted by Crippen LogP contribution is -2.61. The molecule has 1 spiro atoms. The first-order valence-corrected chi connectivity index (χ1v) is 16.8. The van der Waals surface area contributed by atoms with Gasteiger partial charge in [-0.3, -0.25) is 34.0 Å². The maximum absolute atomic E-state index is 14.0. The third kappa shape index (κ3) is 8.43. The number of ether oxygens (including phenoxy) is 4. The van der Waals surface area contributed by atoms with E-state index in [0.717, 1.165) is 5.39 Å². The van der Waals surface area contributed by atoms with Crippen LogP contribution >= 0.6 is 0 Å². The molecule has 5 bridgehead atoms. The van der Waals surface area contributed by atoms with Gasteiger partial charge in [0.15, 0.2) is 6.10 Å². The smallest absolute Gasteiger partial charge is 0.321 e. The van der Waals surface area contributed by atoms with Crippen molar-refractivity contribution in [2.45, 2.75) is 91.0 Å². The summed E-state index contributed by atoms with van der Waals surface area (Å²) in [6.45, 7) is 7.17. The number of nitrogens with zero attached hydrogens (tertiary/aromatic N) is 2. The first kappa shape index (κ1) is 35.9. The number of hydrogen-bond acceptors (Lipinski definition) is 11. The number of fused-ring (bicyclic) bond motifs is 4. The minimum absolute atomic E-state index is 0.180. The van der Waals surface area contributed by atoms with Crippen LogP contribution in [0.5, 0.6) is 0 Å². The zero-order valence-electron chi connectivity index (χ0n) is 28.5. The van der Waals surface area contributed by atoms with Gasteiger partial charge in [0.25, 0.3) is 11.8 Å². The minimum Gasteiger partial charge on any atom is -0.451 e. The quantitative estimate of drug-likeness (QED) is 0.406. The number of benzene rings is 1. The Balaban J connectivity index is 1.50. The summed E-state index contributed by atoms with van der Waals surface area (Å²) in [5.41, 5.74) is 3.51. The molecule has 3 aliphatic rings. The summed E-state index contributed by atoms with van der Waals surface area (Å²) in [5, 5.41) is 7.90. The second-order valence-corrected chi connectivity index (χ2v) is 13.2. The van der Waals surface area contributed by atoms with Gasteiger partial charge in [-0.05, 0) is 56.7 Å². The number of amides is 3. The molecule has 49 heavy (non-hydrogen) atoms. The maximum atomic E-state index is 14.0. The molecular formula is C35H45N5O9. The number of hydrazine groups is 1. The molecule has 0 aliphatic carbocycles. The van der Waals surface area contributed by atoms with Crippen molar-refractivity contribution in [1.82, 2.24) is 26.1 Å². The Kier molecular flexibility index (Phi) is 11.3. The number of rotatable bonds is 4. The molecule has 3 aliphatic heterocycles. The lowest BCUT2D eigenvalue weighted by atomic mass is 9.88. The molecule has 4 heterocycles. The van der Waals surface area contributed by atoms with Crippen LogP contribution in [-0.4, -0.2) is 84.1 Å². The highest BCUT2D eigenvalue weighted by Crippen LogP contribution is 2.32. The fourth-order valence-corrected chi connectivity index (χ4v) is 5.83. The van der Waals surface area contributed by atoms with Gasteiger partial charge < -0.3 is 29.6 Å². The van der Waals surface area contributed by atoms with Crippen LogP contribution in [0.3, 0.4) is 0 Å². The van der Waals surface area contributed by atoms with Gasteiger partial charge in [0.2, 0.25) is 5.91 Å². The number of carbonyl (C=O) groups excluding carboxylic acids is 5. The number of cyclic esters (lactones) is 1. The second-order valence-electron chi connectivity index (χ2n) is 13.2. The van der Waals surface area contributed by atoms with E-state index >= 15 is 0 Å². The van der Waals surface area contributed by atoms with E-state index in [1.54, 1.807) is 26.0 Å². The molecule has 2 saturated heterocycles. The lowest BCUT2D eigenvalue weighted by molar-refractivity contribution is -0.317. The summed E-state index contributed by atoms with van der Waals surface area (Å²) < 4.78 is 22.5. The number of esters is 2. The molecule has 5 rings (SSSR count). The zero-order chi connectivity index (χ0) is 35.3. The van der Waals surface area contributed by atoms with Crippen LogP contribution in [-0.2, 0) is 42.9 Å². The van der Waals surface area contributed by atoms with Gasteiger partial charge in [0.05, 0.1) is 30.5 Å². The van der Waals surface area contributed by atoms with Crippen molar-refractivity contribution >= 4 is 46.6 Å². The van der Waals surface area contributed by atoms with E-state index in [-0.39, 0.29) is 25.5 Å².